The molecule has 0 aromatic heterocycles. The summed E-state index contributed by atoms with van der Waals surface area (Å²) in [5.41, 5.74) is 12.7. The third kappa shape index (κ3) is 6.53. The highest BCUT2D eigenvalue weighted by molar-refractivity contribution is 5.62. The molecule has 3 nitrogen and oxygen atoms in total. The van der Waals surface area contributed by atoms with Crippen molar-refractivity contribution in [2.45, 2.75) is 152 Å². The molecule has 242 valence electrons. The fraction of sp³-hybridized carbons (Fsp3) is 0.561. The minimum atomic E-state index is -0.270. The summed E-state index contributed by atoms with van der Waals surface area (Å²) in [6.45, 7) is 36.4. The van der Waals surface area contributed by atoms with E-state index < -0.39 is 0 Å². The molecular formula is C41H60O3. The molecule has 0 amide bonds. The molecule has 0 saturated heterocycles. The summed E-state index contributed by atoms with van der Waals surface area (Å²) >= 11 is 0. The minimum Gasteiger partial charge on any atom is -0.507 e. The van der Waals surface area contributed by atoms with Gasteiger partial charge in [0, 0.05) is 11.1 Å². The molecule has 0 aliphatic rings. The Morgan fingerprint density at radius 3 is 0.955 bits per heavy atom. The summed E-state index contributed by atoms with van der Waals surface area (Å²) in [6, 6.07) is 4.30. The highest BCUT2D eigenvalue weighted by Crippen LogP contribution is 2.46. The van der Waals surface area contributed by atoms with Crippen LogP contribution in [0.15, 0.2) is 12.1 Å². The van der Waals surface area contributed by atoms with Gasteiger partial charge in [-0.05, 0) is 130 Å². The highest BCUT2D eigenvalue weighted by atomic mass is 16.3. The van der Waals surface area contributed by atoms with Crippen LogP contribution in [0.1, 0.15) is 155 Å². The first-order chi connectivity index (χ1) is 19.7. The van der Waals surface area contributed by atoms with Gasteiger partial charge in [-0.2, -0.15) is 0 Å². The number of aromatic hydroxyl groups is 3. The van der Waals surface area contributed by atoms with Gasteiger partial charge in [0.2, 0.25) is 0 Å². The average molecular weight is 601 g/mol. The van der Waals surface area contributed by atoms with Crippen molar-refractivity contribution in [3.63, 3.8) is 0 Å². The Bertz CT molecular complexity index is 1470. The molecule has 0 heterocycles. The van der Waals surface area contributed by atoms with Crippen molar-refractivity contribution in [2.24, 2.45) is 0 Å². The van der Waals surface area contributed by atoms with E-state index in [-0.39, 0.29) is 21.7 Å². The van der Waals surface area contributed by atoms with E-state index in [2.05, 4.69) is 116 Å². The zero-order valence-electron chi connectivity index (χ0n) is 30.9. The molecule has 0 spiro atoms. The first-order valence-electron chi connectivity index (χ1n) is 16.2. The number of hydrogen-bond donors (Lipinski definition) is 3. The van der Waals surface area contributed by atoms with E-state index in [4.69, 9.17) is 0 Å². The van der Waals surface area contributed by atoms with Crippen LogP contribution in [0.25, 0.3) is 0 Å². The monoisotopic (exact) mass is 600 g/mol. The molecule has 0 fully saturated rings. The fourth-order valence-corrected chi connectivity index (χ4v) is 7.10. The molecule has 3 N–H and O–H groups in total. The average Bonchev–Trinajstić information content (AvgIpc) is 2.83. The normalized spacial score (nSPS) is 13.1. The Balaban J connectivity index is 2.35. The first kappa shape index (κ1) is 35.5. The molecule has 0 atom stereocenters. The van der Waals surface area contributed by atoms with Crippen molar-refractivity contribution in [3.05, 3.63) is 84.5 Å². The molecule has 0 radical (unpaired) electrons. The van der Waals surface area contributed by atoms with E-state index in [0.717, 1.165) is 72.3 Å². The van der Waals surface area contributed by atoms with E-state index in [1.165, 1.54) is 0 Å². The van der Waals surface area contributed by atoms with Crippen molar-refractivity contribution in [2.75, 3.05) is 0 Å². The van der Waals surface area contributed by atoms with Gasteiger partial charge in [-0.25, -0.2) is 0 Å². The highest BCUT2D eigenvalue weighted by Gasteiger charge is 2.32. The SMILES string of the molecule is Cc1cc(C(C)(C)C)c(O)c(C(C)(C)C)c1Cc1c(C)c(O)c(C)c(Cc2c(C)cc(C(C)(C)C)c(O)c2C(C)(C)C)c1C. The summed E-state index contributed by atoms with van der Waals surface area (Å²) in [4.78, 5) is 0. The lowest BCUT2D eigenvalue weighted by atomic mass is 9.73. The minimum absolute atomic E-state index is 0.189. The van der Waals surface area contributed by atoms with Crippen LogP contribution >= 0.6 is 0 Å². The molecule has 0 aliphatic heterocycles. The van der Waals surface area contributed by atoms with Crippen molar-refractivity contribution >= 4 is 0 Å². The summed E-state index contributed by atoms with van der Waals surface area (Å²) in [5.74, 6) is 1.10. The third-order valence-electron chi connectivity index (χ3n) is 9.61. The Kier molecular flexibility index (Phi) is 9.25. The molecule has 0 bridgehead atoms. The van der Waals surface area contributed by atoms with Gasteiger partial charge in [0.1, 0.15) is 17.2 Å². The Hall–Kier alpha value is -2.94. The van der Waals surface area contributed by atoms with Gasteiger partial charge in [-0.1, -0.05) is 95.2 Å². The second-order valence-corrected chi connectivity index (χ2v) is 17.4. The van der Waals surface area contributed by atoms with Crippen LogP contribution in [0.3, 0.4) is 0 Å². The lowest BCUT2D eigenvalue weighted by molar-refractivity contribution is 0.420. The second kappa shape index (κ2) is 11.5. The van der Waals surface area contributed by atoms with Crippen LogP contribution in [0.5, 0.6) is 17.2 Å². The molecule has 3 heteroatoms. The van der Waals surface area contributed by atoms with Crippen LogP contribution in [-0.2, 0) is 34.5 Å². The molecule has 3 rings (SSSR count). The predicted octanol–water partition coefficient (Wildman–Crippen LogP) is 10.7. The first-order valence-corrected chi connectivity index (χ1v) is 16.2. The number of benzene rings is 3. The lowest BCUT2D eigenvalue weighted by Gasteiger charge is -2.32. The van der Waals surface area contributed by atoms with Gasteiger partial charge in [0.25, 0.3) is 0 Å². The zero-order chi connectivity index (χ0) is 34.1. The standard InChI is InChI=1S/C41H60O3/c1-22-18-31(38(6,7)8)36(43)33(40(12,13)14)27(22)20-29-24(3)30(26(5)35(42)25(29)4)21-28-23(2)19-32(39(9,10)11)37(44)34(28)41(15,16)17/h18-19,42-44H,20-21H2,1-17H3. The lowest BCUT2D eigenvalue weighted by Crippen LogP contribution is -2.21. The fourth-order valence-electron chi connectivity index (χ4n) is 7.10. The van der Waals surface area contributed by atoms with E-state index in [9.17, 15) is 15.3 Å². The van der Waals surface area contributed by atoms with Crippen molar-refractivity contribution in [1.29, 1.82) is 0 Å². The van der Waals surface area contributed by atoms with Gasteiger partial charge >= 0.3 is 0 Å². The Morgan fingerprint density at radius 1 is 0.409 bits per heavy atom. The number of phenols is 3. The van der Waals surface area contributed by atoms with E-state index >= 15 is 0 Å². The molecule has 0 aliphatic carbocycles. The van der Waals surface area contributed by atoms with Gasteiger partial charge in [-0.15, -0.1) is 0 Å². The van der Waals surface area contributed by atoms with Crippen LogP contribution in [0.2, 0.25) is 0 Å². The predicted molar refractivity (Wildman–Crippen MR) is 188 cm³/mol. The van der Waals surface area contributed by atoms with Crippen molar-refractivity contribution in [3.8, 4) is 17.2 Å². The van der Waals surface area contributed by atoms with Crippen molar-refractivity contribution < 1.29 is 15.3 Å². The molecule has 44 heavy (non-hydrogen) atoms. The smallest absolute Gasteiger partial charge is 0.123 e. The van der Waals surface area contributed by atoms with Gasteiger partial charge in [-0.3, -0.25) is 0 Å². The van der Waals surface area contributed by atoms with Crippen LogP contribution in [0.4, 0.5) is 0 Å². The molecule has 3 aromatic rings. The van der Waals surface area contributed by atoms with Crippen molar-refractivity contribution in [1.82, 2.24) is 0 Å². The third-order valence-corrected chi connectivity index (χ3v) is 9.61. The number of rotatable bonds is 4. The summed E-state index contributed by atoms with van der Waals surface area (Å²) < 4.78 is 0. The van der Waals surface area contributed by atoms with Gasteiger partial charge in [0.05, 0.1) is 0 Å². The molecule has 0 unspecified atom stereocenters. The van der Waals surface area contributed by atoms with E-state index in [1.807, 2.05) is 13.8 Å². The summed E-state index contributed by atoms with van der Waals surface area (Å²) in [6.07, 6.45) is 1.24. The summed E-state index contributed by atoms with van der Waals surface area (Å²) in [5, 5.41) is 35.0. The van der Waals surface area contributed by atoms with Gasteiger partial charge in [0.15, 0.2) is 0 Å². The van der Waals surface area contributed by atoms with Crippen LogP contribution in [0, 0.1) is 34.6 Å². The number of phenolic OH excluding ortho intramolecular Hbond substituents is 3. The van der Waals surface area contributed by atoms with E-state index in [0.29, 0.717) is 30.1 Å². The topological polar surface area (TPSA) is 60.7 Å². The van der Waals surface area contributed by atoms with E-state index in [1.54, 1.807) is 0 Å². The summed E-state index contributed by atoms with van der Waals surface area (Å²) in [7, 11) is 0. The zero-order valence-corrected chi connectivity index (χ0v) is 30.9. The van der Waals surface area contributed by atoms with Crippen LogP contribution < -0.4 is 0 Å². The quantitative estimate of drug-likeness (QED) is 0.279. The molecular weight excluding hydrogens is 540 g/mol. The Morgan fingerprint density at radius 2 is 0.705 bits per heavy atom. The van der Waals surface area contributed by atoms with Crippen LogP contribution in [-0.4, -0.2) is 15.3 Å². The Labute approximate surface area is 268 Å². The molecule has 0 saturated carbocycles. The van der Waals surface area contributed by atoms with Gasteiger partial charge < -0.3 is 15.3 Å². The second-order valence-electron chi connectivity index (χ2n) is 17.4. The molecule has 3 aromatic carbocycles. The number of aryl methyl sites for hydroxylation is 2. The maximum Gasteiger partial charge on any atom is 0.123 e. The maximum absolute atomic E-state index is 11.7. The largest absolute Gasteiger partial charge is 0.507 e. The maximum atomic E-state index is 11.7. The number of hydrogen-bond acceptors (Lipinski definition) is 3.